The molecule has 0 spiro atoms. The van der Waals surface area contributed by atoms with E-state index in [-0.39, 0.29) is 12.5 Å². The van der Waals surface area contributed by atoms with E-state index in [2.05, 4.69) is 5.32 Å². The highest BCUT2D eigenvalue weighted by Gasteiger charge is 2.38. The summed E-state index contributed by atoms with van der Waals surface area (Å²) >= 11 is 0. The zero-order chi connectivity index (χ0) is 15.7. The van der Waals surface area contributed by atoms with Gasteiger partial charge >= 0.3 is 5.97 Å². The van der Waals surface area contributed by atoms with Crippen LogP contribution in [0, 0.1) is 0 Å². The largest absolute Gasteiger partial charge is 0.481 e. The fraction of sp³-hybridized carbons (Fsp3) is 0.500. The van der Waals surface area contributed by atoms with Crippen LogP contribution in [-0.4, -0.2) is 37.2 Å². The van der Waals surface area contributed by atoms with Crippen molar-refractivity contribution >= 4 is 11.9 Å². The first-order valence-electron chi connectivity index (χ1n) is 7.11. The molecule has 1 atom stereocenters. The van der Waals surface area contributed by atoms with Crippen molar-refractivity contribution in [1.82, 2.24) is 5.32 Å². The Bertz CT molecular complexity index is 461. The average molecular weight is 293 g/mol. The van der Waals surface area contributed by atoms with Gasteiger partial charge in [-0.25, -0.2) is 0 Å². The summed E-state index contributed by atoms with van der Waals surface area (Å²) in [6.45, 7) is 2.43. The lowest BCUT2D eigenvalue weighted by Crippen LogP contribution is -2.46. The van der Waals surface area contributed by atoms with Crippen molar-refractivity contribution in [2.45, 2.75) is 31.6 Å². The molecule has 0 fully saturated rings. The van der Waals surface area contributed by atoms with Crippen LogP contribution in [0.15, 0.2) is 30.3 Å². The maximum atomic E-state index is 11.8. The van der Waals surface area contributed by atoms with E-state index in [1.807, 2.05) is 25.1 Å². The van der Waals surface area contributed by atoms with Crippen LogP contribution in [0.3, 0.4) is 0 Å². The summed E-state index contributed by atoms with van der Waals surface area (Å²) in [6.07, 6.45) is 1.37. The van der Waals surface area contributed by atoms with Crippen molar-refractivity contribution in [2.24, 2.45) is 0 Å². The van der Waals surface area contributed by atoms with Crippen molar-refractivity contribution in [2.75, 3.05) is 20.3 Å². The van der Waals surface area contributed by atoms with Crippen LogP contribution in [0.5, 0.6) is 0 Å². The topological polar surface area (TPSA) is 75.6 Å². The molecule has 1 aromatic carbocycles. The van der Waals surface area contributed by atoms with Crippen molar-refractivity contribution in [1.29, 1.82) is 0 Å². The average Bonchev–Trinajstić information content (AvgIpc) is 2.49. The number of carboxylic acids is 1. The second-order valence-electron chi connectivity index (χ2n) is 4.98. The molecule has 116 valence electrons. The van der Waals surface area contributed by atoms with Gasteiger partial charge in [-0.2, -0.15) is 0 Å². The van der Waals surface area contributed by atoms with Gasteiger partial charge in [0.05, 0.1) is 0 Å². The number of aliphatic carboxylic acids is 1. The number of methoxy groups -OCH3 is 1. The van der Waals surface area contributed by atoms with Gasteiger partial charge in [0.1, 0.15) is 5.41 Å². The Morgan fingerprint density at radius 2 is 1.95 bits per heavy atom. The number of carbonyl (C=O) groups excluding carboxylic acids is 1. The number of hydrogen-bond donors (Lipinski definition) is 2. The third kappa shape index (κ3) is 4.56. The lowest BCUT2D eigenvalue weighted by Gasteiger charge is -2.29. The van der Waals surface area contributed by atoms with Crippen molar-refractivity contribution in [3.05, 3.63) is 35.9 Å². The van der Waals surface area contributed by atoms with E-state index in [0.717, 1.165) is 0 Å². The molecule has 1 amide bonds. The molecule has 0 radical (unpaired) electrons. The van der Waals surface area contributed by atoms with Crippen LogP contribution in [-0.2, 0) is 19.7 Å². The molecule has 0 aliphatic carbocycles. The molecule has 1 unspecified atom stereocenters. The van der Waals surface area contributed by atoms with Crippen LogP contribution in [0.4, 0.5) is 0 Å². The molecule has 5 nitrogen and oxygen atoms in total. The van der Waals surface area contributed by atoms with Crippen molar-refractivity contribution in [3.8, 4) is 0 Å². The van der Waals surface area contributed by atoms with E-state index >= 15 is 0 Å². The molecule has 21 heavy (non-hydrogen) atoms. The van der Waals surface area contributed by atoms with Gasteiger partial charge in [-0.05, 0) is 18.4 Å². The minimum Gasteiger partial charge on any atom is -0.481 e. The lowest BCUT2D eigenvalue weighted by molar-refractivity contribution is -0.144. The van der Waals surface area contributed by atoms with Crippen molar-refractivity contribution in [3.63, 3.8) is 0 Å². The summed E-state index contributed by atoms with van der Waals surface area (Å²) in [5.41, 5.74) is -0.379. The van der Waals surface area contributed by atoms with Crippen LogP contribution >= 0.6 is 0 Å². The maximum absolute atomic E-state index is 11.8. The highest BCUT2D eigenvalue weighted by molar-refractivity contribution is 5.83. The number of nitrogens with one attached hydrogen (secondary N) is 1. The first kappa shape index (κ1) is 17.2. The second kappa shape index (κ2) is 8.42. The fourth-order valence-corrected chi connectivity index (χ4v) is 2.25. The van der Waals surface area contributed by atoms with Crippen LogP contribution in [0.25, 0.3) is 0 Å². The summed E-state index contributed by atoms with van der Waals surface area (Å²) in [5.74, 6) is -1.07. The minimum absolute atomic E-state index is 0.0919. The molecule has 0 aliphatic rings. The third-order valence-corrected chi connectivity index (χ3v) is 3.68. The zero-order valence-corrected chi connectivity index (χ0v) is 12.6. The summed E-state index contributed by atoms with van der Waals surface area (Å²) in [4.78, 5) is 23.5. The Balaban J connectivity index is 2.76. The molecular formula is C16H23NO4. The van der Waals surface area contributed by atoms with E-state index < -0.39 is 11.4 Å². The normalized spacial score (nSPS) is 13.4. The van der Waals surface area contributed by atoms with Gasteiger partial charge in [-0.3, -0.25) is 9.59 Å². The van der Waals surface area contributed by atoms with E-state index in [0.29, 0.717) is 31.4 Å². The number of carboxylic acid groups (broad SMARTS) is 1. The van der Waals surface area contributed by atoms with Gasteiger partial charge in [0, 0.05) is 26.7 Å². The van der Waals surface area contributed by atoms with Crippen LogP contribution in [0.2, 0.25) is 0 Å². The van der Waals surface area contributed by atoms with E-state index in [1.165, 1.54) is 0 Å². The molecule has 0 heterocycles. The Morgan fingerprint density at radius 1 is 1.29 bits per heavy atom. The molecule has 0 bridgehead atoms. The number of carbonyl (C=O) groups is 2. The monoisotopic (exact) mass is 293 g/mol. The number of hydrogen-bond acceptors (Lipinski definition) is 3. The third-order valence-electron chi connectivity index (χ3n) is 3.68. The Kier molecular flexibility index (Phi) is 6.88. The highest BCUT2D eigenvalue weighted by Crippen LogP contribution is 2.27. The Labute approximate surface area is 125 Å². The molecule has 0 saturated carbocycles. The standard InChI is InChI=1S/C16H23NO4/c1-3-16(15(19)20,13-8-5-4-6-9-13)12-17-14(18)10-7-11-21-2/h4-6,8-9H,3,7,10-12H2,1-2H3,(H,17,18)(H,19,20). The quantitative estimate of drug-likeness (QED) is 0.682. The number of amides is 1. The number of benzene rings is 1. The summed E-state index contributed by atoms with van der Waals surface area (Å²) in [5, 5.41) is 12.4. The Morgan fingerprint density at radius 3 is 2.48 bits per heavy atom. The molecular weight excluding hydrogens is 270 g/mol. The summed E-state index contributed by atoms with van der Waals surface area (Å²) in [6, 6.07) is 9.03. The van der Waals surface area contributed by atoms with Gasteiger partial charge in [0.25, 0.3) is 0 Å². The predicted molar refractivity (Wildman–Crippen MR) is 80.2 cm³/mol. The van der Waals surface area contributed by atoms with Crippen LogP contribution in [0.1, 0.15) is 31.7 Å². The SMILES string of the molecule is CCC(CNC(=O)CCCOC)(C(=O)O)c1ccccc1. The van der Waals surface area contributed by atoms with Crippen molar-refractivity contribution < 1.29 is 19.4 Å². The van der Waals surface area contributed by atoms with Gasteiger partial charge < -0.3 is 15.2 Å². The molecule has 0 saturated heterocycles. The number of ether oxygens (including phenoxy) is 1. The molecule has 0 aliphatic heterocycles. The lowest BCUT2D eigenvalue weighted by atomic mass is 9.78. The van der Waals surface area contributed by atoms with Gasteiger partial charge in [0.2, 0.25) is 5.91 Å². The minimum atomic E-state index is -1.09. The highest BCUT2D eigenvalue weighted by atomic mass is 16.5. The summed E-state index contributed by atoms with van der Waals surface area (Å²) in [7, 11) is 1.58. The van der Waals surface area contributed by atoms with E-state index in [9.17, 15) is 14.7 Å². The molecule has 1 aromatic rings. The van der Waals surface area contributed by atoms with Gasteiger partial charge in [-0.15, -0.1) is 0 Å². The Hall–Kier alpha value is -1.88. The predicted octanol–water partition coefficient (Wildman–Crippen LogP) is 1.96. The van der Waals surface area contributed by atoms with Crippen LogP contribution < -0.4 is 5.32 Å². The fourth-order valence-electron chi connectivity index (χ4n) is 2.25. The zero-order valence-electron chi connectivity index (χ0n) is 12.6. The summed E-state index contributed by atoms with van der Waals surface area (Å²) < 4.78 is 4.89. The first-order valence-corrected chi connectivity index (χ1v) is 7.11. The van der Waals surface area contributed by atoms with E-state index in [4.69, 9.17) is 4.74 Å². The molecule has 2 N–H and O–H groups in total. The van der Waals surface area contributed by atoms with Gasteiger partial charge in [-0.1, -0.05) is 37.3 Å². The molecule has 0 aromatic heterocycles. The van der Waals surface area contributed by atoms with Gasteiger partial charge in [0.15, 0.2) is 0 Å². The first-order chi connectivity index (χ1) is 10.1. The smallest absolute Gasteiger partial charge is 0.315 e. The van der Waals surface area contributed by atoms with E-state index in [1.54, 1.807) is 19.2 Å². The maximum Gasteiger partial charge on any atom is 0.315 e. The number of rotatable bonds is 9. The second-order valence-corrected chi connectivity index (χ2v) is 4.98. The molecule has 5 heteroatoms. The molecule has 1 rings (SSSR count).